The van der Waals surface area contributed by atoms with E-state index in [0.717, 1.165) is 12.8 Å². The van der Waals surface area contributed by atoms with Gasteiger partial charge in [0.15, 0.2) is 6.23 Å². The molecule has 1 aliphatic heterocycles. The van der Waals surface area contributed by atoms with Gasteiger partial charge in [0, 0.05) is 6.42 Å². The van der Waals surface area contributed by atoms with Gasteiger partial charge in [-0.2, -0.15) is 0 Å². The van der Waals surface area contributed by atoms with E-state index in [2.05, 4.69) is 0 Å². The second kappa shape index (κ2) is 7.43. The molecule has 27 heavy (non-hydrogen) atoms. The van der Waals surface area contributed by atoms with Crippen molar-refractivity contribution in [2.24, 2.45) is 5.92 Å². The van der Waals surface area contributed by atoms with E-state index < -0.39 is 12.1 Å². The Morgan fingerprint density at radius 2 is 1.67 bits per heavy atom. The van der Waals surface area contributed by atoms with Crippen molar-refractivity contribution in [1.29, 1.82) is 0 Å². The lowest BCUT2D eigenvalue weighted by atomic mass is 9.86. The lowest BCUT2D eigenvalue weighted by Gasteiger charge is -2.31. The molecule has 1 aliphatic carbocycles. The molecule has 0 radical (unpaired) electrons. The second-order valence-electron chi connectivity index (χ2n) is 7.34. The maximum Gasteiger partial charge on any atom is 0.264 e. The van der Waals surface area contributed by atoms with Crippen LogP contribution in [-0.4, -0.2) is 28.0 Å². The van der Waals surface area contributed by atoms with Crippen LogP contribution in [-0.2, 0) is 0 Å². The Morgan fingerprint density at radius 3 is 2.41 bits per heavy atom. The predicted octanol–water partition coefficient (Wildman–Crippen LogP) is 4.36. The minimum Gasteiger partial charge on any atom is -0.508 e. The Bertz CT molecular complexity index is 843. The van der Waals surface area contributed by atoms with Gasteiger partial charge in [-0.15, -0.1) is 0 Å². The zero-order valence-corrected chi connectivity index (χ0v) is 15.1. The molecule has 140 valence electrons. The van der Waals surface area contributed by atoms with Crippen LogP contribution in [0.1, 0.15) is 59.2 Å². The molecule has 5 heteroatoms. The summed E-state index contributed by atoms with van der Waals surface area (Å²) < 4.78 is 6.13. The van der Waals surface area contributed by atoms with E-state index in [4.69, 9.17) is 4.74 Å². The number of ether oxygens (including phenoxy) is 1. The van der Waals surface area contributed by atoms with Gasteiger partial charge in [0.2, 0.25) is 0 Å². The van der Waals surface area contributed by atoms with Crippen LogP contribution in [0.25, 0.3) is 0 Å². The first-order valence-corrected chi connectivity index (χ1v) is 9.56. The zero-order chi connectivity index (χ0) is 18.8. The number of carbonyl (C=O) groups is 2. The molecule has 1 atom stereocenters. The third kappa shape index (κ3) is 3.54. The first-order valence-electron chi connectivity index (χ1n) is 9.56. The highest BCUT2D eigenvalue weighted by molar-refractivity contribution is 6.21. The van der Waals surface area contributed by atoms with Gasteiger partial charge in [-0.25, -0.2) is 4.90 Å². The maximum absolute atomic E-state index is 12.9. The van der Waals surface area contributed by atoms with Crippen LogP contribution >= 0.6 is 0 Å². The van der Waals surface area contributed by atoms with Crippen molar-refractivity contribution in [3.63, 3.8) is 0 Å². The van der Waals surface area contributed by atoms with Gasteiger partial charge in [0.05, 0.1) is 11.1 Å². The fourth-order valence-electron chi connectivity index (χ4n) is 4.08. The van der Waals surface area contributed by atoms with Crippen molar-refractivity contribution in [1.82, 2.24) is 4.90 Å². The topological polar surface area (TPSA) is 66.8 Å². The highest BCUT2D eigenvalue weighted by Gasteiger charge is 2.42. The molecule has 1 heterocycles. The summed E-state index contributed by atoms with van der Waals surface area (Å²) in [5, 5.41) is 9.71. The predicted molar refractivity (Wildman–Crippen MR) is 101 cm³/mol. The van der Waals surface area contributed by atoms with Gasteiger partial charge < -0.3 is 9.84 Å². The SMILES string of the molecule is O=C1c2ccc(O)cc2C(=O)N1[C@H](CC1CCCCC1)Oc1ccccc1. The van der Waals surface area contributed by atoms with E-state index in [1.165, 1.54) is 42.4 Å². The molecule has 2 aliphatic rings. The molecule has 0 bridgehead atoms. The van der Waals surface area contributed by atoms with E-state index in [1.54, 1.807) is 0 Å². The number of imide groups is 1. The van der Waals surface area contributed by atoms with Gasteiger partial charge in [-0.3, -0.25) is 9.59 Å². The lowest BCUT2D eigenvalue weighted by molar-refractivity contribution is 0.0128. The van der Waals surface area contributed by atoms with Crippen molar-refractivity contribution in [2.75, 3.05) is 0 Å². The summed E-state index contributed by atoms with van der Waals surface area (Å²) in [6.07, 6.45) is 5.78. The molecule has 1 fully saturated rings. The third-order valence-corrected chi connectivity index (χ3v) is 5.46. The van der Waals surface area contributed by atoms with Crippen molar-refractivity contribution in [3.05, 3.63) is 59.7 Å². The van der Waals surface area contributed by atoms with Crippen LogP contribution in [0, 0.1) is 5.92 Å². The Morgan fingerprint density at radius 1 is 0.963 bits per heavy atom. The summed E-state index contributed by atoms with van der Waals surface area (Å²) in [5.74, 6) is 0.293. The molecule has 2 aromatic carbocycles. The number of fused-ring (bicyclic) bond motifs is 1. The number of carbonyl (C=O) groups excluding carboxylic acids is 2. The third-order valence-electron chi connectivity index (χ3n) is 5.46. The van der Waals surface area contributed by atoms with E-state index in [0.29, 0.717) is 23.7 Å². The summed E-state index contributed by atoms with van der Waals surface area (Å²) >= 11 is 0. The molecule has 0 saturated heterocycles. The molecular formula is C22H23NO4. The van der Waals surface area contributed by atoms with Gasteiger partial charge in [-0.05, 0) is 36.2 Å². The molecule has 1 saturated carbocycles. The summed E-state index contributed by atoms with van der Waals surface area (Å²) in [5.41, 5.74) is 0.563. The molecule has 4 rings (SSSR count). The minimum absolute atomic E-state index is 0.0236. The lowest BCUT2D eigenvalue weighted by Crippen LogP contribution is -2.44. The summed E-state index contributed by atoms with van der Waals surface area (Å²) in [7, 11) is 0. The molecule has 5 nitrogen and oxygen atoms in total. The molecule has 2 amide bonds. The van der Waals surface area contributed by atoms with Crippen LogP contribution in [0.2, 0.25) is 0 Å². The number of hydrogen-bond acceptors (Lipinski definition) is 4. The van der Waals surface area contributed by atoms with Gasteiger partial charge >= 0.3 is 0 Å². The summed E-state index contributed by atoms with van der Waals surface area (Å²) in [4.78, 5) is 27.1. The Kier molecular flexibility index (Phi) is 4.84. The molecule has 2 aromatic rings. The molecule has 0 aromatic heterocycles. The summed E-state index contributed by atoms with van der Waals surface area (Å²) in [6, 6.07) is 13.6. The second-order valence-corrected chi connectivity index (χ2v) is 7.34. The van der Waals surface area contributed by atoms with Crippen LogP contribution in [0.4, 0.5) is 0 Å². The van der Waals surface area contributed by atoms with Gasteiger partial charge in [0.25, 0.3) is 11.8 Å². The fourth-order valence-corrected chi connectivity index (χ4v) is 4.08. The number of hydrogen-bond donors (Lipinski definition) is 1. The van der Waals surface area contributed by atoms with E-state index >= 15 is 0 Å². The number of phenolic OH excluding ortho intramolecular Hbond substituents is 1. The monoisotopic (exact) mass is 365 g/mol. The number of aromatic hydroxyl groups is 1. The highest BCUT2D eigenvalue weighted by atomic mass is 16.5. The van der Waals surface area contributed by atoms with E-state index in [9.17, 15) is 14.7 Å². The molecular weight excluding hydrogens is 342 g/mol. The van der Waals surface area contributed by atoms with Crippen molar-refractivity contribution in [2.45, 2.75) is 44.8 Å². The molecule has 1 N–H and O–H groups in total. The first kappa shape index (κ1) is 17.6. The van der Waals surface area contributed by atoms with Crippen LogP contribution in [0.15, 0.2) is 48.5 Å². The fraction of sp³-hybridized carbons (Fsp3) is 0.364. The van der Waals surface area contributed by atoms with E-state index in [-0.39, 0.29) is 17.2 Å². The van der Waals surface area contributed by atoms with Crippen LogP contribution in [0.3, 0.4) is 0 Å². The van der Waals surface area contributed by atoms with Crippen molar-refractivity contribution in [3.8, 4) is 11.5 Å². The number of rotatable bonds is 5. The van der Waals surface area contributed by atoms with E-state index in [1.807, 2.05) is 30.3 Å². The van der Waals surface area contributed by atoms with Crippen molar-refractivity contribution < 1.29 is 19.4 Å². The van der Waals surface area contributed by atoms with Crippen molar-refractivity contribution >= 4 is 11.8 Å². The minimum atomic E-state index is -0.648. The van der Waals surface area contributed by atoms with Gasteiger partial charge in [-0.1, -0.05) is 50.3 Å². The smallest absolute Gasteiger partial charge is 0.264 e. The first-order chi connectivity index (χ1) is 13.1. The Labute approximate surface area is 158 Å². The number of benzene rings is 2. The number of nitrogens with zero attached hydrogens (tertiary/aromatic N) is 1. The van der Waals surface area contributed by atoms with Crippen LogP contribution in [0.5, 0.6) is 11.5 Å². The number of amides is 2. The Hall–Kier alpha value is -2.82. The quantitative estimate of drug-likeness (QED) is 0.799. The number of para-hydroxylation sites is 1. The molecule has 0 spiro atoms. The maximum atomic E-state index is 12.9. The van der Waals surface area contributed by atoms with Gasteiger partial charge in [0.1, 0.15) is 11.5 Å². The average molecular weight is 365 g/mol. The standard InChI is InChI=1S/C22H23NO4/c24-16-11-12-18-19(14-16)22(26)23(21(18)25)20(13-15-7-3-1-4-8-15)27-17-9-5-2-6-10-17/h2,5-6,9-12,14-15,20,24H,1,3-4,7-8,13H2/t20-/m0/s1. The zero-order valence-electron chi connectivity index (χ0n) is 15.1. The summed E-state index contributed by atoms with van der Waals surface area (Å²) in [6.45, 7) is 0. The molecule has 0 unspecified atom stereocenters. The van der Waals surface area contributed by atoms with Crippen LogP contribution < -0.4 is 4.74 Å². The normalized spacial score (nSPS) is 18.4. The average Bonchev–Trinajstić information content (AvgIpc) is 2.93. The largest absolute Gasteiger partial charge is 0.508 e. The Balaban J connectivity index is 1.63. The number of phenols is 1. The highest BCUT2D eigenvalue weighted by Crippen LogP contribution is 2.34.